The molecule has 0 N–H and O–H groups in total. The molecule has 12 heteroatoms. The molecule has 0 bridgehead atoms. The highest BCUT2D eigenvalue weighted by Gasteiger charge is 2.22. The van der Waals surface area contributed by atoms with Gasteiger partial charge in [-0.15, -0.1) is 0 Å². The van der Waals surface area contributed by atoms with E-state index in [1.165, 1.54) is 49.3 Å². The summed E-state index contributed by atoms with van der Waals surface area (Å²) in [5, 5.41) is 0. The zero-order chi connectivity index (χ0) is 44.5. The number of allylic oxidation sites excluding steroid dienone is 8. The number of nitrogens with zero attached hydrogens (tertiary/aromatic N) is 1. The van der Waals surface area contributed by atoms with Crippen LogP contribution in [0.1, 0.15) is 158 Å². The number of hydrogen-bond donors (Lipinski definition) is 0. The highest BCUT2D eigenvalue weighted by atomic mass is 31.2. The Hall–Kier alpha value is -3.08. The minimum Gasteiger partial charge on any atom is -0.756 e. The molecule has 0 aliphatic rings. The molecule has 0 aliphatic heterocycles. The number of hydrogen-bond acceptors (Lipinski definition) is 10. The average molecular weight is 862 g/mol. The second kappa shape index (κ2) is 33.5. The van der Waals surface area contributed by atoms with Crippen LogP contribution in [-0.4, -0.2) is 75.8 Å². The average Bonchev–Trinajstić information content (AvgIpc) is 3.46. The zero-order valence-electron chi connectivity index (χ0n) is 38.4. The number of phosphoric acid groups is 1. The number of ketones is 1. The number of likely N-dealkylation sites (N-methyl/N-ethyl adjacent to an activating group) is 1. The third-order valence-corrected chi connectivity index (χ3v) is 11.0. The Morgan fingerprint density at radius 3 is 1.93 bits per heavy atom. The topological polar surface area (TPSA) is 141 Å². The second-order valence-corrected chi connectivity index (χ2v) is 18.1. The molecule has 0 aliphatic carbocycles. The quantitative estimate of drug-likeness (QED) is 0.0121. The number of aryl methyl sites for hydroxylation is 2. The van der Waals surface area contributed by atoms with Crippen molar-refractivity contribution in [3.63, 3.8) is 0 Å². The van der Waals surface area contributed by atoms with Gasteiger partial charge in [-0.3, -0.25) is 18.9 Å². The smallest absolute Gasteiger partial charge is 0.306 e. The molecule has 60 heavy (non-hydrogen) atoms. The third-order valence-electron chi connectivity index (χ3n) is 10.0. The first kappa shape index (κ1) is 54.9. The van der Waals surface area contributed by atoms with E-state index in [1.807, 2.05) is 33.3 Å². The van der Waals surface area contributed by atoms with Gasteiger partial charge in [-0.05, 0) is 82.4 Å². The van der Waals surface area contributed by atoms with Gasteiger partial charge in [0.1, 0.15) is 31.3 Å². The first-order valence-corrected chi connectivity index (χ1v) is 24.1. The van der Waals surface area contributed by atoms with E-state index in [9.17, 15) is 23.8 Å². The standard InChI is InChI=1S/C48H80NO10P/c1-8-10-12-13-14-15-16-17-18-19-20-23-27-31-43(50)32-30-36-47(51)55-39-44(40-57-60(53,54)56-38-37-49(5,6)7)58-48(52)35-29-25-22-21-24-28-34-46-42(4)41(3)45(59-46)33-26-11-9-2/h14-15,17-18,20,23,27,31,44H,8-13,16,19,21-22,24-26,28-30,32-40H2,1-7H3/b15-14-,18-17-,23-20-,31-27+/t44-/m1/s1. The molecule has 1 rings (SSSR count). The van der Waals surface area contributed by atoms with Crippen LogP contribution in [0.4, 0.5) is 0 Å². The number of rotatable bonds is 37. The van der Waals surface area contributed by atoms with Gasteiger partial charge in [0.05, 0.1) is 27.7 Å². The Labute approximate surface area is 363 Å². The van der Waals surface area contributed by atoms with Crippen molar-refractivity contribution in [1.29, 1.82) is 0 Å². The van der Waals surface area contributed by atoms with Crippen LogP contribution >= 0.6 is 7.82 Å². The van der Waals surface area contributed by atoms with Gasteiger partial charge in [0.2, 0.25) is 0 Å². The van der Waals surface area contributed by atoms with E-state index in [0.29, 0.717) is 17.4 Å². The summed E-state index contributed by atoms with van der Waals surface area (Å²) in [6.45, 7) is 8.13. The number of phosphoric ester groups is 1. The van der Waals surface area contributed by atoms with Gasteiger partial charge < -0.3 is 32.3 Å². The highest BCUT2D eigenvalue weighted by molar-refractivity contribution is 7.45. The van der Waals surface area contributed by atoms with Gasteiger partial charge in [0, 0.05) is 32.1 Å². The van der Waals surface area contributed by atoms with Crippen molar-refractivity contribution in [3.8, 4) is 0 Å². The predicted octanol–water partition coefficient (Wildman–Crippen LogP) is 10.9. The Kier molecular flexibility index (Phi) is 30.7. The van der Waals surface area contributed by atoms with E-state index in [2.05, 4.69) is 52.0 Å². The summed E-state index contributed by atoms with van der Waals surface area (Å²) in [5.74, 6) is 1.00. The summed E-state index contributed by atoms with van der Waals surface area (Å²) in [7, 11) is 1.00. The summed E-state index contributed by atoms with van der Waals surface area (Å²) in [4.78, 5) is 50.0. The van der Waals surface area contributed by atoms with Gasteiger partial charge in [-0.1, -0.05) is 108 Å². The maximum Gasteiger partial charge on any atom is 0.306 e. The number of carbonyl (C=O) groups is 3. The van der Waals surface area contributed by atoms with Crippen LogP contribution in [0.3, 0.4) is 0 Å². The SMILES string of the molecule is CCCCC/C=C\C/C=C\C/C=C\C=C\C(=O)CCCC(=O)OC[C@H](COP(=O)([O-])OCC[N+](C)(C)C)OC(=O)CCCCCCCCc1oc(CCCCC)c(C)c1C. The van der Waals surface area contributed by atoms with E-state index < -0.39 is 32.5 Å². The molecule has 1 unspecified atom stereocenters. The van der Waals surface area contributed by atoms with E-state index in [-0.39, 0.29) is 44.7 Å². The summed E-state index contributed by atoms with van der Waals surface area (Å²) in [5.41, 5.74) is 2.57. The molecule has 1 aromatic rings. The fraction of sp³-hybridized carbons (Fsp3) is 0.688. The number of ether oxygens (including phenoxy) is 2. The first-order valence-electron chi connectivity index (χ1n) is 22.7. The Morgan fingerprint density at radius 2 is 1.27 bits per heavy atom. The van der Waals surface area contributed by atoms with Crippen molar-refractivity contribution in [3.05, 3.63) is 71.3 Å². The molecule has 1 aromatic heterocycles. The molecule has 0 saturated carbocycles. The summed E-state index contributed by atoms with van der Waals surface area (Å²) < 4.78 is 40.0. The van der Waals surface area contributed by atoms with E-state index >= 15 is 0 Å². The van der Waals surface area contributed by atoms with Gasteiger partial charge in [-0.2, -0.15) is 0 Å². The molecular weight excluding hydrogens is 781 g/mol. The van der Waals surface area contributed by atoms with Crippen LogP contribution in [-0.2, 0) is 50.3 Å². The molecule has 342 valence electrons. The maximum atomic E-state index is 12.8. The zero-order valence-corrected chi connectivity index (χ0v) is 39.2. The normalized spacial score (nSPS) is 13.9. The number of unbranched alkanes of at least 4 members (excludes halogenated alkanes) is 10. The number of carbonyl (C=O) groups excluding carboxylic acids is 3. The summed E-state index contributed by atoms with van der Waals surface area (Å²) >= 11 is 0. The molecule has 0 fully saturated rings. The van der Waals surface area contributed by atoms with Crippen molar-refractivity contribution in [2.75, 3.05) is 47.5 Å². The monoisotopic (exact) mass is 862 g/mol. The van der Waals surface area contributed by atoms with Crippen LogP contribution in [0, 0.1) is 13.8 Å². The van der Waals surface area contributed by atoms with Crippen LogP contribution in [0.5, 0.6) is 0 Å². The fourth-order valence-electron chi connectivity index (χ4n) is 6.14. The van der Waals surface area contributed by atoms with Gasteiger partial charge in [0.25, 0.3) is 7.82 Å². The Morgan fingerprint density at radius 1 is 0.683 bits per heavy atom. The molecule has 0 aromatic carbocycles. The largest absolute Gasteiger partial charge is 0.756 e. The van der Waals surface area contributed by atoms with Crippen molar-refractivity contribution in [1.82, 2.24) is 0 Å². The predicted molar refractivity (Wildman–Crippen MR) is 239 cm³/mol. The number of furan rings is 1. The van der Waals surface area contributed by atoms with Crippen LogP contribution in [0.2, 0.25) is 0 Å². The van der Waals surface area contributed by atoms with Crippen LogP contribution in [0.15, 0.2) is 53.0 Å². The molecular formula is C48H80NO10P. The van der Waals surface area contributed by atoms with Crippen molar-refractivity contribution in [2.45, 2.75) is 169 Å². The van der Waals surface area contributed by atoms with Crippen molar-refractivity contribution < 1.29 is 51.3 Å². The van der Waals surface area contributed by atoms with Gasteiger partial charge >= 0.3 is 11.9 Å². The highest BCUT2D eigenvalue weighted by Crippen LogP contribution is 2.38. The summed E-state index contributed by atoms with van der Waals surface area (Å²) in [6.07, 6.45) is 32.7. The number of quaternary nitrogens is 1. The lowest BCUT2D eigenvalue weighted by Gasteiger charge is -2.28. The third kappa shape index (κ3) is 30.0. The lowest BCUT2D eigenvalue weighted by atomic mass is 10.0. The Bertz CT molecular complexity index is 1500. The van der Waals surface area contributed by atoms with E-state index in [4.69, 9.17) is 22.9 Å². The minimum absolute atomic E-state index is 0.0240. The molecule has 11 nitrogen and oxygen atoms in total. The van der Waals surface area contributed by atoms with E-state index in [0.717, 1.165) is 82.1 Å². The molecule has 0 amide bonds. The van der Waals surface area contributed by atoms with Crippen molar-refractivity contribution >= 4 is 25.5 Å². The molecule has 0 radical (unpaired) electrons. The lowest BCUT2D eigenvalue weighted by molar-refractivity contribution is -0.870. The number of esters is 2. The maximum absolute atomic E-state index is 12.8. The first-order chi connectivity index (χ1) is 28.7. The molecule has 0 spiro atoms. The van der Waals surface area contributed by atoms with E-state index in [1.54, 1.807) is 6.08 Å². The summed E-state index contributed by atoms with van der Waals surface area (Å²) in [6, 6.07) is 0. The van der Waals surface area contributed by atoms with Gasteiger partial charge in [0.15, 0.2) is 11.9 Å². The minimum atomic E-state index is -4.70. The van der Waals surface area contributed by atoms with Crippen LogP contribution in [0.25, 0.3) is 0 Å². The molecule has 0 saturated heterocycles. The van der Waals surface area contributed by atoms with Crippen LogP contribution < -0.4 is 4.89 Å². The molecule has 2 atom stereocenters. The Balaban J connectivity index is 2.47. The second-order valence-electron chi connectivity index (χ2n) is 16.7. The molecule has 1 heterocycles. The fourth-order valence-corrected chi connectivity index (χ4v) is 6.87. The van der Waals surface area contributed by atoms with Gasteiger partial charge in [-0.25, -0.2) is 0 Å². The van der Waals surface area contributed by atoms with Crippen molar-refractivity contribution in [2.24, 2.45) is 0 Å². The lowest BCUT2D eigenvalue weighted by Crippen LogP contribution is -2.37.